The van der Waals surface area contributed by atoms with E-state index in [4.69, 9.17) is 4.74 Å². The Morgan fingerprint density at radius 3 is 2.71 bits per heavy atom. The van der Waals surface area contributed by atoms with Gasteiger partial charge in [-0.05, 0) is 37.8 Å². The van der Waals surface area contributed by atoms with Crippen LogP contribution in [0.5, 0.6) is 0 Å². The van der Waals surface area contributed by atoms with Gasteiger partial charge < -0.3 is 14.9 Å². The molecule has 7 nitrogen and oxygen atoms in total. The molecule has 0 bridgehead atoms. The largest absolute Gasteiger partial charge is 0.478 e. The summed E-state index contributed by atoms with van der Waals surface area (Å²) in [5, 5.41) is 19.3. The molecule has 1 aromatic rings. The van der Waals surface area contributed by atoms with E-state index < -0.39 is 33.7 Å². The molecule has 3 atom stereocenters. The van der Waals surface area contributed by atoms with Crippen molar-refractivity contribution in [1.82, 2.24) is 4.31 Å². The molecule has 0 spiro atoms. The molecule has 132 valence electrons. The molecule has 1 aromatic carbocycles. The zero-order valence-corrected chi connectivity index (χ0v) is 14.2. The van der Waals surface area contributed by atoms with E-state index >= 15 is 0 Å². The Morgan fingerprint density at radius 1 is 1.33 bits per heavy atom. The number of ether oxygens (including phenoxy) is 1. The molecule has 3 rings (SSSR count). The number of hydrogen-bond acceptors (Lipinski definition) is 5. The minimum Gasteiger partial charge on any atom is -0.478 e. The van der Waals surface area contributed by atoms with Crippen molar-refractivity contribution in [2.45, 2.75) is 48.3 Å². The second-order valence-electron chi connectivity index (χ2n) is 6.38. The molecule has 0 unspecified atom stereocenters. The van der Waals surface area contributed by atoms with Gasteiger partial charge in [0.2, 0.25) is 10.0 Å². The Labute approximate surface area is 140 Å². The Balaban J connectivity index is 2.03. The van der Waals surface area contributed by atoms with Crippen LogP contribution in [0.2, 0.25) is 0 Å². The summed E-state index contributed by atoms with van der Waals surface area (Å²) in [6.45, 7) is 0.252. The number of sulfonamides is 1. The van der Waals surface area contributed by atoms with Gasteiger partial charge in [-0.25, -0.2) is 13.2 Å². The third-order valence-electron chi connectivity index (χ3n) is 5.22. The van der Waals surface area contributed by atoms with E-state index in [1.54, 1.807) is 7.11 Å². The Bertz CT molecular complexity index is 749. The lowest BCUT2D eigenvalue weighted by atomic mass is 9.79. The van der Waals surface area contributed by atoms with Crippen LogP contribution in [0.25, 0.3) is 0 Å². The van der Waals surface area contributed by atoms with Gasteiger partial charge in [-0.1, -0.05) is 12.1 Å². The zero-order valence-electron chi connectivity index (χ0n) is 13.4. The van der Waals surface area contributed by atoms with Gasteiger partial charge in [-0.2, -0.15) is 4.31 Å². The molecule has 1 saturated heterocycles. The number of hydrogen-bond donors (Lipinski definition) is 2. The second-order valence-corrected chi connectivity index (χ2v) is 8.24. The summed E-state index contributed by atoms with van der Waals surface area (Å²) in [6.07, 6.45) is 1.41. The SMILES string of the molecule is CO[C@@]12CC[C@H](O)C[C@@H]1N(S(=O)(=O)c1ccccc1C(=O)O)CC2. The molecule has 8 heteroatoms. The van der Waals surface area contributed by atoms with E-state index in [2.05, 4.69) is 0 Å². The molecule has 0 aromatic heterocycles. The fourth-order valence-electron chi connectivity index (χ4n) is 3.92. The van der Waals surface area contributed by atoms with Crippen LogP contribution in [0.3, 0.4) is 0 Å². The lowest BCUT2D eigenvalue weighted by Gasteiger charge is -2.42. The van der Waals surface area contributed by atoms with Gasteiger partial charge in [0.05, 0.1) is 28.2 Å². The summed E-state index contributed by atoms with van der Waals surface area (Å²) in [4.78, 5) is 11.2. The molecular formula is C16H21NO6S. The van der Waals surface area contributed by atoms with Gasteiger partial charge in [-0.15, -0.1) is 0 Å². The van der Waals surface area contributed by atoms with Crippen LogP contribution in [-0.2, 0) is 14.8 Å². The number of benzene rings is 1. The second kappa shape index (κ2) is 6.11. The van der Waals surface area contributed by atoms with Gasteiger partial charge in [0.1, 0.15) is 0 Å². The minimum absolute atomic E-state index is 0.218. The monoisotopic (exact) mass is 355 g/mol. The molecule has 24 heavy (non-hydrogen) atoms. The van der Waals surface area contributed by atoms with Crippen molar-refractivity contribution in [1.29, 1.82) is 0 Å². The van der Waals surface area contributed by atoms with Crippen molar-refractivity contribution in [3.05, 3.63) is 29.8 Å². The van der Waals surface area contributed by atoms with Crippen molar-refractivity contribution < 1.29 is 28.2 Å². The first-order valence-electron chi connectivity index (χ1n) is 7.89. The van der Waals surface area contributed by atoms with Crippen molar-refractivity contribution in [2.75, 3.05) is 13.7 Å². The summed E-state index contributed by atoms with van der Waals surface area (Å²) in [5.74, 6) is -1.28. The molecule has 2 N–H and O–H groups in total. The Kier molecular flexibility index (Phi) is 4.41. The standard InChI is InChI=1S/C16H21NO6S/c1-23-16-7-6-11(18)10-14(16)17(9-8-16)24(21,22)13-5-3-2-4-12(13)15(19)20/h2-5,11,14,18H,6-10H2,1H3,(H,19,20)/t11-,14-,16+/m0/s1. The van der Waals surface area contributed by atoms with Crippen molar-refractivity contribution in [3.8, 4) is 0 Å². The quantitative estimate of drug-likeness (QED) is 0.837. The third kappa shape index (κ3) is 2.63. The fourth-order valence-corrected chi connectivity index (χ4v) is 5.80. The maximum absolute atomic E-state index is 13.1. The van der Waals surface area contributed by atoms with Crippen LogP contribution in [0.4, 0.5) is 0 Å². The molecule has 2 fully saturated rings. The van der Waals surface area contributed by atoms with Crippen molar-refractivity contribution in [2.24, 2.45) is 0 Å². The first kappa shape index (κ1) is 17.3. The molecular weight excluding hydrogens is 334 g/mol. The number of nitrogens with zero attached hydrogens (tertiary/aromatic N) is 1. The van der Waals surface area contributed by atoms with Crippen LogP contribution in [0.1, 0.15) is 36.0 Å². The van der Waals surface area contributed by atoms with Crippen LogP contribution in [-0.4, -0.2) is 60.3 Å². The number of carbonyl (C=O) groups is 1. The first-order valence-corrected chi connectivity index (χ1v) is 9.33. The van der Waals surface area contributed by atoms with E-state index in [-0.39, 0.29) is 17.0 Å². The summed E-state index contributed by atoms with van der Waals surface area (Å²) < 4.78 is 33.2. The normalized spacial score (nSPS) is 30.9. The molecule has 1 heterocycles. The van der Waals surface area contributed by atoms with Crippen molar-refractivity contribution >= 4 is 16.0 Å². The first-order chi connectivity index (χ1) is 11.3. The van der Waals surface area contributed by atoms with Gasteiger partial charge in [-0.3, -0.25) is 0 Å². The lowest BCUT2D eigenvalue weighted by molar-refractivity contribution is -0.0775. The molecule has 1 saturated carbocycles. The molecule has 0 radical (unpaired) electrons. The predicted molar refractivity (Wildman–Crippen MR) is 85.3 cm³/mol. The minimum atomic E-state index is -4.00. The number of aliphatic hydroxyl groups is 1. The van der Waals surface area contributed by atoms with Gasteiger partial charge in [0, 0.05) is 13.7 Å². The Hall–Kier alpha value is -1.48. The highest BCUT2D eigenvalue weighted by Crippen LogP contribution is 2.44. The molecule has 1 aliphatic carbocycles. The van der Waals surface area contributed by atoms with Gasteiger partial charge >= 0.3 is 5.97 Å². The average molecular weight is 355 g/mol. The molecule has 1 aliphatic heterocycles. The highest BCUT2D eigenvalue weighted by molar-refractivity contribution is 7.89. The summed E-state index contributed by atoms with van der Waals surface area (Å²) >= 11 is 0. The van der Waals surface area contributed by atoms with Gasteiger partial charge in [0.15, 0.2) is 0 Å². The number of aromatic carboxylic acids is 1. The van der Waals surface area contributed by atoms with Crippen LogP contribution in [0.15, 0.2) is 29.2 Å². The molecule has 0 amide bonds. The number of fused-ring (bicyclic) bond motifs is 1. The predicted octanol–water partition coefficient (Wildman–Crippen LogP) is 1.08. The van der Waals surface area contributed by atoms with E-state index in [1.165, 1.54) is 28.6 Å². The van der Waals surface area contributed by atoms with E-state index in [0.29, 0.717) is 25.7 Å². The van der Waals surface area contributed by atoms with Crippen LogP contribution >= 0.6 is 0 Å². The fraction of sp³-hybridized carbons (Fsp3) is 0.562. The average Bonchev–Trinajstić information content (AvgIpc) is 2.94. The van der Waals surface area contributed by atoms with Crippen molar-refractivity contribution in [3.63, 3.8) is 0 Å². The summed E-state index contributed by atoms with van der Waals surface area (Å²) in [7, 11) is -2.43. The van der Waals surface area contributed by atoms with E-state index in [1.807, 2.05) is 0 Å². The smallest absolute Gasteiger partial charge is 0.337 e. The third-order valence-corrected chi connectivity index (χ3v) is 7.18. The summed E-state index contributed by atoms with van der Waals surface area (Å²) in [6, 6.07) is 5.11. The maximum Gasteiger partial charge on any atom is 0.337 e. The summed E-state index contributed by atoms with van der Waals surface area (Å²) in [5.41, 5.74) is -0.853. The van der Waals surface area contributed by atoms with Crippen LogP contribution < -0.4 is 0 Å². The maximum atomic E-state index is 13.1. The highest BCUT2D eigenvalue weighted by atomic mass is 32.2. The number of rotatable bonds is 4. The Morgan fingerprint density at radius 2 is 2.04 bits per heavy atom. The molecule has 2 aliphatic rings. The topological polar surface area (TPSA) is 104 Å². The number of carboxylic acid groups (broad SMARTS) is 1. The number of methoxy groups -OCH3 is 1. The number of carboxylic acids is 1. The van der Waals surface area contributed by atoms with Gasteiger partial charge in [0.25, 0.3) is 0 Å². The van der Waals surface area contributed by atoms with Crippen LogP contribution in [0, 0.1) is 0 Å². The van der Waals surface area contributed by atoms with E-state index in [9.17, 15) is 23.4 Å². The highest BCUT2D eigenvalue weighted by Gasteiger charge is 2.54. The number of aliphatic hydroxyl groups excluding tert-OH is 1. The zero-order chi connectivity index (χ0) is 17.5. The van der Waals surface area contributed by atoms with E-state index in [0.717, 1.165) is 0 Å². The lowest BCUT2D eigenvalue weighted by Crippen LogP contribution is -2.52.